The summed E-state index contributed by atoms with van der Waals surface area (Å²) in [6.07, 6.45) is 1.46. The number of nitrogen functional groups attached to an aromatic ring is 1. The molecule has 1 aliphatic rings. The molecule has 17 heavy (non-hydrogen) atoms. The van der Waals surface area contributed by atoms with Gasteiger partial charge in [-0.05, 0) is 10.8 Å². The van der Waals surface area contributed by atoms with Crippen LogP contribution in [0.2, 0.25) is 0 Å². The Balaban J connectivity index is 1.92. The molecule has 1 amide bonds. The predicted molar refractivity (Wildman–Crippen MR) is 63.9 cm³/mol. The summed E-state index contributed by atoms with van der Waals surface area (Å²) in [6, 6.07) is 0.211. The molecule has 94 valence electrons. The van der Waals surface area contributed by atoms with Gasteiger partial charge >= 0.3 is 0 Å². The number of hydrogen-bond acceptors (Lipinski definition) is 4. The average Bonchev–Trinajstić information content (AvgIpc) is 2.52. The standard InChI is InChI=1S/C11H19N5O/c1-10(2)8(11(10,3)4)14-7(17)5-16-6-13-9(12)15-16/h6,8H,5H2,1-4H3,(H2,12,15)(H,14,17). The number of amides is 1. The minimum atomic E-state index is -0.0569. The maximum Gasteiger partial charge on any atom is 0.242 e. The van der Waals surface area contributed by atoms with E-state index in [1.807, 2.05) is 0 Å². The van der Waals surface area contributed by atoms with Crippen LogP contribution in [0.5, 0.6) is 0 Å². The highest BCUT2D eigenvalue weighted by Crippen LogP contribution is 2.62. The van der Waals surface area contributed by atoms with Gasteiger partial charge in [0.15, 0.2) is 0 Å². The number of aromatic nitrogens is 3. The first kappa shape index (κ1) is 11.9. The van der Waals surface area contributed by atoms with Gasteiger partial charge in [-0.1, -0.05) is 27.7 Å². The summed E-state index contributed by atoms with van der Waals surface area (Å²) >= 11 is 0. The van der Waals surface area contributed by atoms with Gasteiger partial charge in [0, 0.05) is 6.04 Å². The first-order chi connectivity index (χ1) is 7.75. The van der Waals surface area contributed by atoms with E-state index in [9.17, 15) is 4.79 Å². The van der Waals surface area contributed by atoms with Crippen LogP contribution in [0, 0.1) is 10.8 Å². The van der Waals surface area contributed by atoms with Crippen LogP contribution in [-0.2, 0) is 11.3 Å². The van der Waals surface area contributed by atoms with Crippen molar-refractivity contribution in [3.8, 4) is 0 Å². The van der Waals surface area contributed by atoms with E-state index in [1.54, 1.807) is 0 Å². The van der Waals surface area contributed by atoms with Crippen molar-refractivity contribution in [3.63, 3.8) is 0 Å². The maximum atomic E-state index is 11.8. The molecule has 6 nitrogen and oxygen atoms in total. The minimum Gasteiger partial charge on any atom is -0.367 e. The molecular weight excluding hydrogens is 218 g/mol. The Hall–Kier alpha value is -1.59. The Bertz CT molecular complexity index is 434. The Kier molecular flexibility index (Phi) is 2.41. The predicted octanol–water partition coefficient (Wildman–Crippen LogP) is 0.411. The van der Waals surface area contributed by atoms with Crippen LogP contribution in [-0.4, -0.2) is 26.7 Å². The number of rotatable bonds is 3. The lowest BCUT2D eigenvalue weighted by molar-refractivity contribution is -0.122. The van der Waals surface area contributed by atoms with E-state index in [1.165, 1.54) is 11.0 Å². The topological polar surface area (TPSA) is 85.8 Å². The third-order valence-electron chi connectivity index (χ3n) is 4.19. The van der Waals surface area contributed by atoms with Crippen LogP contribution in [0.15, 0.2) is 6.33 Å². The second-order valence-electron chi connectivity index (χ2n) is 5.74. The summed E-state index contributed by atoms with van der Waals surface area (Å²) in [4.78, 5) is 15.6. The second-order valence-corrected chi connectivity index (χ2v) is 5.74. The number of nitrogens with one attached hydrogen (secondary N) is 1. The number of carbonyl (C=O) groups excluding carboxylic acids is 1. The van der Waals surface area contributed by atoms with Gasteiger partial charge in [0.1, 0.15) is 12.9 Å². The lowest BCUT2D eigenvalue weighted by Crippen LogP contribution is -2.32. The third kappa shape index (κ3) is 1.87. The van der Waals surface area contributed by atoms with Crippen LogP contribution in [0.25, 0.3) is 0 Å². The molecule has 3 N–H and O–H groups in total. The molecule has 1 saturated carbocycles. The largest absolute Gasteiger partial charge is 0.367 e. The van der Waals surface area contributed by atoms with Crippen molar-refractivity contribution in [3.05, 3.63) is 6.33 Å². The first-order valence-corrected chi connectivity index (χ1v) is 5.69. The van der Waals surface area contributed by atoms with Crippen molar-refractivity contribution < 1.29 is 4.79 Å². The van der Waals surface area contributed by atoms with E-state index >= 15 is 0 Å². The van der Waals surface area contributed by atoms with Gasteiger partial charge in [-0.15, -0.1) is 5.10 Å². The van der Waals surface area contributed by atoms with Crippen LogP contribution in [0.1, 0.15) is 27.7 Å². The molecular formula is C11H19N5O. The summed E-state index contributed by atoms with van der Waals surface area (Å²) in [7, 11) is 0. The van der Waals surface area contributed by atoms with Crippen molar-refractivity contribution >= 4 is 11.9 Å². The highest BCUT2D eigenvalue weighted by atomic mass is 16.2. The zero-order chi connectivity index (χ0) is 12.8. The van der Waals surface area contributed by atoms with Gasteiger partial charge < -0.3 is 11.1 Å². The minimum absolute atomic E-state index is 0.0569. The molecule has 0 radical (unpaired) electrons. The first-order valence-electron chi connectivity index (χ1n) is 5.69. The Morgan fingerprint density at radius 3 is 2.47 bits per heavy atom. The number of nitrogens with two attached hydrogens (primary N) is 1. The molecule has 0 aromatic carbocycles. The molecule has 1 fully saturated rings. The van der Waals surface area contributed by atoms with Crippen LogP contribution < -0.4 is 11.1 Å². The number of anilines is 1. The summed E-state index contributed by atoms with van der Waals surface area (Å²) < 4.78 is 1.44. The molecule has 1 aromatic rings. The Morgan fingerprint density at radius 2 is 2.06 bits per heavy atom. The fourth-order valence-corrected chi connectivity index (χ4v) is 2.30. The molecule has 1 heterocycles. The van der Waals surface area contributed by atoms with E-state index in [2.05, 4.69) is 43.1 Å². The molecule has 1 aromatic heterocycles. The number of hydrogen-bond donors (Lipinski definition) is 2. The molecule has 1 aliphatic carbocycles. The normalized spacial score (nSPS) is 21.2. The van der Waals surface area contributed by atoms with E-state index in [0.717, 1.165) is 0 Å². The average molecular weight is 237 g/mol. The molecule has 0 spiro atoms. The van der Waals surface area contributed by atoms with Gasteiger partial charge in [0.2, 0.25) is 11.9 Å². The summed E-state index contributed by atoms with van der Waals surface area (Å²) in [5.41, 5.74) is 5.67. The van der Waals surface area contributed by atoms with Crippen LogP contribution >= 0.6 is 0 Å². The van der Waals surface area contributed by atoms with Crippen LogP contribution in [0.4, 0.5) is 5.95 Å². The van der Waals surface area contributed by atoms with Crippen molar-refractivity contribution in [2.24, 2.45) is 10.8 Å². The van der Waals surface area contributed by atoms with Gasteiger partial charge in [0.25, 0.3) is 0 Å². The smallest absolute Gasteiger partial charge is 0.242 e. The molecule has 0 bridgehead atoms. The zero-order valence-corrected chi connectivity index (χ0v) is 10.7. The van der Waals surface area contributed by atoms with E-state index in [-0.39, 0.29) is 35.3 Å². The fraction of sp³-hybridized carbons (Fsp3) is 0.727. The molecule has 6 heteroatoms. The van der Waals surface area contributed by atoms with Gasteiger partial charge in [0.05, 0.1) is 0 Å². The quantitative estimate of drug-likeness (QED) is 0.797. The monoisotopic (exact) mass is 237 g/mol. The van der Waals surface area contributed by atoms with Gasteiger partial charge in [-0.2, -0.15) is 0 Å². The SMILES string of the molecule is CC1(C)C(NC(=O)Cn2cnc(N)n2)C1(C)C. The highest BCUT2D eigenvalue weighted by molar-refractivity contribution is 5.76. The molecule has 0 saturated heterocycles. The Labute approximate surface area is 101 Å². The summed E-state index contributed by atoms with van der Waals surface area (Å²) in [5, 5.41) is 6.90. The van der Waals surface area contributed by atoms with Crippen LogP contribution in [0.3, 0.4) is 0 Å². The van der Waals surface area contributed by atoms with E-state index in [0.29, 0.717) is 0 Å². The number of nitrogens with zero attached hydrogens (tertiary/aromatic N) is 3. The maximum absolute atomic E-state index is 11.8. The molecule has 0 aliphatic heterocycles. The lowest BCUT2D eigenvalue weighted by atomic mass is 10.0. The summed E-state index contributed by atoms with van der Waals surface area (Å²) in [6.45, 7) is 8.79. The highest BCUT2D eigenvalue weighted by Gasteiger charge is 2.65. The molecule has 2 rings (SSSR count). The molecule has 0 unspecified atom stereocenters. The fourth-order valence-electron chi connectivity index (χ4n) is 2.30. The van der Waals surface area contributed by atoms with Crippen molar-refractivity contribution in [1.82, 2.24) is 20.1 Å². The molecule has 0 atom stereocenters. The van der Waals surface area contributed by atoms with E-state index < -0.39 is 0 Å². The third-order valence-corrected chi connectivity index (χ3v) is 4.19. The van der Waals surface area contributed by atoms with Gasteiger partial charge in [-0.3, -0.25) is 4.79 Å². The van der Waals surface area contributed by atoms with Crippen molar-refractivity contribution in [1.29, 1.82) is 0 Å². The Morgan fingerprint density at radius 1 is 1.47 bits per heavy atom. The second kappa shape index (κ2) is 3.45. The van der Waals surface area contributed by atoms with Crippen molar-refractivity contribution in [2.45, 2.75) is 40.3 Å². The van der Waals surface area contributed by atoms with E-state index in [4.69, 9.17) is 5.73 Å². The number of carbonyl (C=O) groups is 1. The lowest BCUT2D eigenvalue weighted by Gasteiger charge is -2.06. The zero-order valence-electron chi connectivity index (χ0n) is 10.7. The van der Waals surface area contributed by atoms with Gasteiger partial charge in [-0.25, -0.2) is 9.67 Å². The summed E-state index contributed by atoms with van der Waals surface area (Å²) in [5.74, 6) is 0.128. The van der Waals surface area contributed by atoms with Crippen molar-refractivity contribution in [2.75, 3.05) is 5.73 Å².